The summed E-state index contributed by atoms with van der Waals surface area (Å²) >= 11 is 0. The van der Waals surface area contributed by atoms with Gasteiger partial charge in [0.05, 0.1) is 10.6 Å². The number of aryl methyl sites for hydroxylation is 3. The van der Waals surface area contributed by atoms with Crippen molar-refractivity contribution in [2.45, 2.75) is 81.7 Å². The summed E-state index contributed by atoms with van der Waals surface area (Å²) in [4.78, 5) is 5.25. The Morgan fingerprint density at radius 3 is 2.42 bits per heavy atom. The van der Waals surface area contributed by atoms with E-state index in [4.69, 9.17) is 4.98 Å². The van der Waals surface area contributed by atoms with Crippen LogP contribution in [0.5, 0.6) is 0 Å². The number of fused-ring (bicyclic) bond motifs is 1. The van der Waals surface area contributed by atoms with E-state index in [-0.39, 0.29) is 22.2 Å². The molecule has 6 nitrogen and oxygen atoms in total. The Kier molecular flexibility index (Phi) is 7.39. The predicted octanol–water partition coefficient (Wildman–Crippen LogP) is 4.59. The lowest BCUT2D eigenvalue weighted by atomic mass is 9.95. The fraction of sp³-hybridized carbons (Fsp3) is 0.478. The summed E-state index contributed by atoms with van der Waals surface area (Å²) in [5, 5.41) is 8.34. The third-order valence-electron chi connectivity index (χ3n) is 6.18. The van der Waals surface area contributed by atoms with E-state index in [1.54, 1.807) is 28.8 Å². The zero-order valence-electron chi connectivity index (χ0n) is 18.4. The number of sulfone groups is 1. The molecule has 1 saturated carbocycles. The minimum atomic E-state index is -3.70. The predicted molar refractivity (Wildman–Crippen MR) is 125 cm³/mol. The molecule has 1 N–H and O–H groups in total. The second-order valence-electron chi connectivity index (χ2n) is 8.16. The van der Waals surface area contributed by atoms with Crippen LogP contribution in [-0.4, -0.2) is 29.1 Å². The molecule has 1 aliphatic rings. The zero-order valence-corrected chi connectivity index (χ0v) is 20.0. The van der Waals surface area contributed by atoms with E-state index >= 15 is 0 Å². The minimum absolute atomic E-state index is 0. The van der Waals surface area contributed by atoms with Gasteiger partial charge in [0.25, 0.3) is 0 Å². The molecule has 1 aromatic carbocycles. The Morgan fingerprint density at radius 1 is 1.10 bits per heavy atom. The molecule has 31 heavy (non-hydrogen) atoms. The third-order valence-corrected chi connectivity index (χ3v) is 8.03. The maximum atomic E-state index is 13.4. The fourth-order valence-electron chi connectivity index (χ4n) is 4.42. The first-order valence-corrected chi connectivity index (χ1v) is 12.3. The molecule has 0 atom stereocenters. The quantitative estimate of drug-likeness (QED) is 0.580. The van der Waals surface area contributed by atoms with E-state index in [1.807, 2.05) is 26.8 Å². The second-order valence-corrected chi connectivity index (χ2v) is 10.0. The Balaban J connectivity index is 0.00000272. The number of rotatable bonds is 6. The number of benzene rings is 1. The van der Waals surface area contributed by atoms with Gasteiger partial charge in [-0.25, -0.2) is 17.9 Å². The van der Waals surface area contributed by atoms with Crippen LogP contribution in [0.4, 0.5) is 0 Å². The number of aromatic nitrogens is 3. The van der Waals surface area contributed by atoms with E-state index in [0.717, 1.165) is 23.5 Å². The molecule has 0 amide bonds. The van der Waals surface area contributed by atoms with Crippen molar-refractivity contribution in [1.82, 2.24) is 19.9 Å². The molecule has 0 unspecified atom stereocenters. The lowest BCUT2D eigenvalue weighted by Crippen LogP contribution is -2.31. The summed E-state index contributed by atoms with van der Waals surface area (Å²) in [6, 6.07) is 9.09. The van der Waals surface area contributed by atoms with E-state index in [0.29, 0.717) is 23.8 Å². The first kappa shape index (κ1) is 23.7. The lowest BCUT2D eigenvalue weighted by molar-refractivity contribution is 0.371. The highest BCUT2D eigenvalue weighted by molar-refractivity contribution is 7.91. The van der Waals surface area contributed by atoms with Gasteiger partial charge in [0.1, 0.15) is 4.90 Å². The first-order valence-electron chi connectivity index (χ1n) is 10.8. The maximum Gasteiger partial charge on any atom is 0.212 e. The molecule has 8 heteroatoms. The minimum Gasteiger partial charge on any atom is -0.310 e. The van der Waals surface area contributed by atoms with Crippen LogP contribution in [-0.2, 0) is 22.8 Å². The molecular formula is C23H31ClN4O2S. The van der Waals surface area contributed by atoms with E-state index in [2.05, 4.69) is 10.4 Å². The van der Waals surface area contributed by atoms with E-state index < -0.39 is 9.84 Å². The highest BCUT2D eigenvalue weighted by atomic mass is 35.5. The highest BCUT2D eigenvalue weighted by Crippen LogP contribution is 2.29. The van der Waals surface area contributed by atoms with Gasteiger partial charge in [-0.15, -0.1) is 12.4 Å². The highest BCUT2D eigenvalue weighted by Gasteiger charge is 2.29. The van der Waals surface area contributed by atoms with E-state index in [1.165, 1.54) is 32.1 Å². The molecule has 4 rings (SSSR count). The van der Waals surface area contributed by atoms with Crippen LogP contribution in [0.25, 0.3) is 5.65 Å². The van der Waals surface area contributed by atoms with Gasteiger partial charge in [-0.1, -0.05) is 44.4 Å². The average Bonchev–Trinajstić information content (AvgIpc) is 3.14. The Labute approximate surface area is 190 Å². The number of hydrogen-bond donors (Lipinski definition) is 1. The smallest absolute Gasteiger partial charge is 0.212 e. The lowest BCUT2D eigenvalue weighted by Gasteiger charge is -2.23. The van der Waals surface area contributed by atoms with Crippen molar-refractivity contribution in [3.05, 3.63) is 53.0 Å². The molecule has 1 aliphatic carbocycles. The van der Waals surface area contributed by atoms with Gasteiger partial charge in [-0.05, 0) is 45.2 Å². The standard InChI is InChI=1S/C23H30N4O2S.ClH/c1-4-21-22(30(28,29)19-13-9-6-10-14-19)23-25-16(2)20(17(3)27(23)26-21)15-24-18-11-7-5-8-12-18;/h6,9-10,13-14,18,24H,4-5,7-8,11-12,15H2,1-3H3;1H. The van der Waals surface area contributed by atoms with Gasteiger partial charge in [0.2, 0.25) is 9.84 Å². The molecular weight excluding hydrogens is 432 g/mol. The molecule has 1 fully saturated rings. The molecule has 2 aromatic heterocycles. The molecule has 0 spiro atoms. The van der Waals surface area contributed by atoms with Gasteiger partial charge in [0.15, 0.2) is 5.65 Å². The van der Waals surface area contributed by atoms with Gasteiger partial charge < -0.3 is 5.32 Å². The van der Waals surface area contributed by atoms with Crippen LogP contribution in [0, 0.1) is 13.8 Å². The van der Waals surface area contributed by atoms with Crippen LogP contribution in [0.1, 0.15) is 61.7 Å². The molecule has 0 aliphatic heterocycles. The first-order chi connectivity index (χ1) is 14.4. The van der Waals surface area contributed by atoms with Gasteiger partial charge in [0, 0.05) is 29.5 Å². The summed E-state index contributed by atoms with van der Waals surface area (Å²) in [5.74, 6) is 0. The summed E-state index contributed by atoms with van der Waals surface area (Å²) in [5.41, 5.74) is 3.89. The molecule has 0 bridgehead atoms. The molecule has 0 saturated heterocycles. The van der Waals surface area contributed by atoms with Crippen LogP contribution in [0.2, 0.25) is 0 Å². The summed E-state index contributed by atoms with van der Waals surface area (Å²) < 4.78 is 28.6. The monoisotopic (exact) mass is 462 g/mol. The number of hydrogen-bond acceptors (Lipinski definition) is 5. The SMILES string of the molecule is CCc1nn2c(C)c(CNC3CCCCC3)c(C)nc2c1S(=O)(=O)c1ccccc1.Cl. The van der Waals surface area contributed by atoms with Crippen molar-refractivity contribution in [1.29, 1.82) is 0 Å². The number of halogens is 1. The van der Waals surface area contributed by atoms with Gasteiger partial charge >= 0.3 is 0 Å². The van der Waals surface area contributed by atoms with Gasteiger partial charge in [-0.3, -0.25) is 0 Å². The maximum absolute atomic E-state index is 13.4. The molecule has 3 aromatic rings. The van der Waals surface area contributed by atoms with E-state index in [9.17, 15) is 8.42 Å². The topological polar surface area (TPSA) is 76.4 Å². The Morgan fingerprint density at radius 2 is 1.77 bits per heavy atom. The van der Waals surface area contributed by atoms with Crippen LogP contribution in [0.3, 0.4) is 0 Å². The van der Waals surface area contributed by atoms with Crippen molar-refractivity contribution in [2.24, 2.45) is 0 Å². The Hall–Kier alpha value is -1.96. The molecule has 2 heterocycles. The normalized spacial score (nSPS) is 15.2. The summed E-state index contributed by atoms with van der Waals surface area (Å²) in [6.07, 6.45) is 6.86. The Bertz CT molecular complexity index is 1150. The van der Waals surface area contributed by atoms with Crippen molar-refractivity contribution in [3.63, 3.8) is 0 Å². The largest absolute Gasteiger partial charge is 0.310 e. The fourth-order valence-corrected chi connectivity index (χ4v) is 6.04. The van der Waals surface area contributed by atoms with Crippen molar-refractivity contribution < 1.29 is 8.42 Å². The van der Waals surface area contributed by atoms with Crippen molar-refractivity contribution in [2.75, 3.05) is 0 Å². The number of nitrogens with one attached hydrogen (secondary N) is 1. The van der Waals surface area contributed by atoms with Gasteiger partial charge in [-0.2, -0.15) is 5.10 Å². The zero-order chi connectivity index (χ0) is 21.3. The number of nitrogens with zero attached hydrogens (tertiary/aromatic N) is 3. The second kappa shape index (κ2) is 9.67. The molecule has 0 radical (unpaired) electrons. The van der Waals surface area contributed by atoms with Crippen molar-refractivity contribution in [3.8, 4) is 0 Å². The third kappa shape index (κ3) is 4.49. The summed E-state index contributed by atoms with van der Waals surface area (Å²) in [7, 11) is -3.70. The van der Waals surface area contributed by atoms with Crippen LogP contribution in [0.15, 0.2) is 40.1 Å². The van der Waals surface area contributed by atoms with Crippen LogP contribution >= 0.6 is 12.4 Å². The molecule has 168 valence electrons. The van der Waals surface area contributed by atoms with Crippen molar-refractivity contribution >= 4 is 27.9 Å². The summed E-state index contributed by atoms with van der Waals surface area (Å²) in [6.45, 7) is 6.63. The van der Waals surface area contributed by atoms with Crippen LogP contribution < -0.4 is 5.32 Å². The average molecular weight is 463 g/mol.